The highest BCUT2D eigenvalue weighted by molar-refractivity contribution is 6.30. The van der Waals surface area contributed by atoms with Crippen LogP contribution < -0.4 is 4.74 Å². The summed E-state index contributed by atoms with van der Waals surface area (Å²) in [6.07, 6.45) is 2.65. The van der Waals surface area contributed by atoms with E-state index in [0.29, 0.717) is 17.2 Å². The van der Waals surface area contributed by atoms with Crippen molar-refractivity contribution in [3.8, 4) is 17.8 Å². The van der Waals surface area contributed by atoms with E-state index in [9.17, 15) is 4.79 Å². The zero-order chi connectivity index (χ0) is 22.3. The van der Waals surface area contributed by atoms with Crippen LogP contribution in [0.3, 0.4) is 0 Å². The molecule has 0 spiro atoms. The normalized spacial score (nSPS) is 13.5. The predicted molar refractivity (Wildman–Crippen MR) is 121 cm³/mol. The SMILES string of the molecule is CCC(C)C(Cc1cccc(Oc2ccccc2)c1)(C(=O)OC#N)c1ccc(Cl)cc1. The van der Waals surface area contributed by atoms with Crippen LogP contribution in [-0.2, 0) is 21.4 Å². The highest BCUT2D eigenvalue weighted by Crippen LogP contribution is 2.40. The number of ether oxygens (including phenoxy) is 2. The molecule has 4 nitrogen and oxygen atoms in total. The van der Waals surface area contributed by atoms with Crippen molar-refractivity contribution in [3.05, 3.63) is 95.0 Å². The van der Waals surface area contributed by atoms with E-state index < -0.39 is 11.4 Å². The number of carbonyl (C=O) groups excluding carboxylic acids is 1. The molecule has 0 aromatic heterocycles. The Morgan fingerprint density at radius 1 is 1.03 bits per heavy atom. The van der Waals surface area contributed by atoms with Gasteiger partial charge in [0.1, 0.15) is 16.9 Å². The van der Waals surface area contributed by atoms with Gasteiger partial charge in [-0.2, -0.15) is 0 Å². The lowest BCUT2D eigenvalue weighted by Gasteiger charge is -2.36. The molecule has 3 aromatic carbocycles. The van der Waals surface area contributed by atoms with Gasteiger partial charge in [-0.3, -0.25) is 0 Å². The standard InChI is InChI=1S/C26H24ClNO3/c1-3-19(2)26(25(29)30-18-28,21-12-14-22(27)15-13-21)17-20-8-7-11-24(16-20)31-23-9-5-4-6-10-23/h4-16,19H,3,17H2,1-2H3. The summed E-state index contributed by atoms with van der Waals surface area (Å²) in [5, 5.41) is 9.66. The molecule has 0 saturated heterocycles. The maximum atomic E-state index is 13.2. The van der Waals surface area contributed by atoms with Gasteiger partial charge in [0.2, 0.25) is 0 Å². The summed E-state index contributed by atoms with van der Waals surface area (Å²) < 4.78 is 10.9. The Kier molecular flexibility index (Phi) is 7.33. The molecule has 5 heteroatoms. The fourth-order valence-corrected chi connectivity index (χ4v) is 3.97. The number of rotatable bonds is 8. The van der Waals surface area contributed by atoms with Gasteiger partial charge < -0.3 is 9.47 Å². The van der Waals surface area contributed by atoms with Crippen LogP contribution >= 0.6 is 11.6 Å². The van der Waals surface area contributed by atoms with Gasteiger partial charge in [-0.25, -0.2) is 4.79 Å². The predicted octanol–water partition coefficient (Wildman–Crippen LogP) is 6.68. The van der Waals surface area contributed by atoms with Crippen LogP contribution in [0.1, 0.15) is 31.4 Å². The van der Waals surface area contributed by atoms with E-state index in [1.165, 1.54) is 0 Å². The summed E-state index contributed by atoms with van der Waals surface area (Å²) in [5.74, 6) is 0.746. The van der Waals surface area contributed by atoms with Crippen molar-refractivity contribution in [1.29, 1.82) is 5.26 Å². The van der Waals surface area contributed by atoms with E-state index in [0.717, 1.165) is 23.3 Å². The van der Waals surface area contributed by atoms with Gasteiger partial charge in [-0.05, 0) is 59.9 Å². The van der Waals surface area contributed by atoms with Crippen LogP contribution in [0.25, 0.3) is 0 Å². The Morgan fingerprint density at radius 3 is 2.35 bits per heavy atom. The number of para-hydroxylation sites is 1. The summed E-state index contributed by atoms with van der Waals surface area (Å²) in [7, 11) is 0. The molecule has 158 valence electrons. The number of esters is 1. The van der Waals surface area contributed by atoms with Crippen LogP contribution in [0.5, 0.6) is 11.5 Å². The molecule has 3 aromatic rings. The molecule has 0 aliphatic carbocycles. The second-order valence-electron chi connectivity index (χ2n) is 7.51. The van der Waals surface area contributed by atoms with Gasteiger partial charge in [0.25, 0.3) is 6.26 Å². The summed E-state index contributed by atoms with van der Waals surface area (Å²) in [6, 6.07) is 24.3. The molecule has 0 bridgehead atoms. The Labute approximate surface area is 188 Å². The van der Waals surface area contributed by atoms with Gasteiger partial charge in [0, 0.05) is 5.02 Å². The van der Waals surface area contributed by atoms with Gasteiger partial charge in [0.05, 0.1) is 0 Å². The largest absolute Gasteiger partial charge is 0.457 e. The first-order chi connectivity index (χ1) is 15.0. The number of benzene rings is 3. The number of carbonyl (C=O) groups is 1. The van der Waals surface area contributed by atoms with Gasteiger partial charge in [-0.1, -0.05) is 74.3 Å². The first-order valence-corrected chi connectivity index (χ1v) is 10.6. The molecular weight excluding hydrogens is 410 g/mol. The lowest BCUT2D eigenvalue weighted by Crippen LogP contribution is -2.44. The monoisotopic (exact) mass is 433 g/mol. The van der Waals surface area contributed by atoms with E-state index in [4.69, 9.17) is 26.3 Å². The number of hydrogen-bond acceptors (Lipinski definition) is 4. The van der Waals surface area contributed by atoms with Gasteiger partial charge in [-0.15, -0.1) is 5.26 Å². The number of halogens is 1. The molecule has 31 heavy (non-hydrogen) atoms. The third kappa shape index (κ3) is 5.07. The molecule has 2 unspecified atom stereocenters. The van der Waals surface area contributed by atoms with Crippen LogP contribution in [0.4, 0.5) is 0 Å². The summed E-state index contributed by atoms with van der Waals surface area (Å²) in [6.45, 7) is 4.02. The molecular formula is C26H24ClNO3. The Balaban J connectivity index is 2.04. The lowest BCUT2D eigenvalue weighted by atomic mass is 9.66. The fourth-order valence-electron chi connectivity index (χ4n) is 3.85. The molecule has 0 aliphatic rings. The quantitative estimate of drug-likeness (QED) is 0.293. The van der Waals surface area contributed by atoms with Crippen molar-refractivity contribution >= 4 is 17.6 Å². The van der Waals surface area contributed by atoms with E-state index in [1.807, 2.05) is 80.6 Å². The van der Waals surface area contributed by atoms with E-state index in [2.05, 4.69) is 0 Å². The summed E-state index contributed by atoms with van der Waals surface area (Å²) >= 11 is 6.09. The highest BCUT2D eigenvalue weighted by Gasteiger charge is 2.46. The van der Waals surface area contributed by atoms with Crippen LogP contribution in [0, 0.1) is 17.4 Å². The topological polar surface area (TPSA) is 59.3 Å². The van der Waals surface area contributed by atoms with Crippen molar-refractivity contribution in [3.63, 3.8) is 0 Å². The van der Waals surface area contributed by atoms with Crippen molar-refractivity contribution in [1.82, 2.24) is 0 Å². The number of hydrogen-bond donors (Lipinski definition) is 0. The Morgan fingerprint density at radius 2 is 1.71 bits per heavy atom. The minimum absolute atomic E-state index is 0.0896. The van der Waals surface area contributed by atoms with Crippen molar-refractivity contribution in [2.45, 2.75) is 32.1 Å². The summed E-state index contributed by atoms with van der Waals surface area (Å²) in [5.41, 5.74) is 0.625. The molecule has 2 atom stereocenters. The molecule has 0 fully saturated rings. The van der Waals surface area contributed by atoms with Crippen LogP contribution in [-0.4, -0.2) is 5.97 Å². The molecule has 3 rings (SSSR count). The molecule has 0 amide bonds. The molecule has 0 saturated carbocycles. The fraction of sp³-hybridized carbons (Fsp3) is 0.231. The Bertz CT molecular complexity index is 1060. The van der Waals surface area contributed by atoms with E-state index in [-0.39, 0.29) is 5.92 Å². The lowest BCUT2D eigenvalue weighted by molar-refractivity contribution is -0.146. The van der Waals surface area contributed by atoms with Crippen molar-refractivity contribution in [2.24, 2.45) is 5.92 Å². The zero-order valence-electron chi connectivity index (χ0n) is 17.5. The van der Waals surface area contributed by atoms with Crippen LogP contribution in [0.15, 0.2) is 78.9 Å². The number of nitriles is 1. The van der Waals surface area contributed by atoms with Crippen molar-refractivity contribution < 1.29 is 14.3 Å². The van der Waals surface area contributed by atoms with Crippen molar-refractivity contribution in [2.75, 3.05) is 0 Å². The van der Waals surface area contributed by atoms with Gasteiger partial charge >= 0.3 is 5.97 Å². The average Bonchev–Trinajstić information content (AvgIpc) is 2.78. The van der Waals surface area contributed by atoms with E-state index in [1.54, 1.807) is 18.4 Å². The molecule has 0 heterocycles. The first kappa shape index (κ1) is 22.4. The minimum Gasteiger partial charge on any atom is -0.457 e. The number of nitrogens with zero attached hydrogens (tertiary/aromatic N) is 1. The maximum Gasteiger partial charge on any atom is 0.332 e. The zero-order valence-corrected chi connectivity index (χ0v) is 18.3. The highest BCUT2D eigenvalue weighted by atomic mass is 35.5. The second-order valence-corrected chi connectivity index (χ2v) is 7.94. The summed E-state index contributed by atoms with van der Waals surface area (Å²) in [4.78, 5) is 13.2. The maximum absolute atomic E-state index is 13.2. The van der Waals surface area contributed by atoms with E-state index >= 15 is 0 Å². The first-order valence-electron chi connectivity index (χ1n) is 10.2. The smallest absolute Gasteiger partial charge is 0.332 e. The second kappa shape index (κ2) is 10.1. The molecule has 0 aliphatic heterocycles. The Hall–Kier alpha value is -3.29. The third-order valence-electron chi connectivity index (χ3n) is 5.68. The third-order valence-corrected chi connectivity index (χ3v) is 5.93. The van der Waals surface area contributed by atoms with Gasteiger partial charge in [0.15, 0.2) is 0 Å². The molecule has 0 N–H and O–H groups in total. The average molecular weight is 434 g/mol. The van der Waals surface area contributed by atoms with Crippen LogP contribution in [0.2, 0.25) is 5.02 Å². The minimum atomic E-state index is -1.04. The molecule has 0 radical (unpaired) electrons.